The topological polar surface area (TPSA) is 70.8 Å². The van der Waals surface area contributed by atoms with Crippen molar-refractivity contribution < 1.29 is 4.79 Å². The van der Waals surface area contributed by atoms with Crippen molar-refractivity contribution >= 4 is 44.5 Å². The van der Waals surface area contributed by atoms with Crippen LogP contribution < -0.4 is 5.01 Å². The molecule has 6 nitrogen and oxygen atoms in total. The molecule has 1 aliphatic rings. The van der Waals surface area contributed by atoms with Crippen LogP contribution >= 0.6 is 11.3 Å². The molecule has 0 aliphatic carbocycles. The molecule has 0 bridgehead atoms. The fourth-order valence-corrected chi connectivity index (χ4v) is 4.21. The van der Waals surface area contributed by atoms with E-state index in [-0.39, 0.29) is 5.91 Å². The average molecular weight is 411 g/mol. The van der Waals surface area contributed by atoms with E-state index >= 15 is 0 Å². The van der Waals surface area contributed by atoms with Gasteiger partial charge in [0.05, 0.1) is 22.5 Å². The lowest BCUT2D eigenvalue weighted by atomic mass is 9.98. The summed E-state index contributed by atoms with van der Waals surface area (Å²) in [5, 5.41) is 6.64. The number of thiazole rings is 1. The van der Waals surface area contributed by atoms with Gasteiger partial charge in [-0.25, -0.2) is 4.98 Å². The number of hydrogen-bond donors (Lipinski definition) is 0. The Hall–Kier alpha value is -3.71. The van der Waals surface area contributed by atoms with Gasteiger partial charge >= 0.3 is 0 Å². The molecule has 5 rings (SSSR count). The van der Waals surface area contributed by atoms with Crippen LogP contribution in [0.2, 0.25) is 0 Å². The number of rotatable bonds is 5. The van der Waals surface area contributed by atoms with E-state index in [9.17, 15) is 4.79 Å². The molecule has 2 aromatic carbocycles. The number of anilines is 1. The SMILES string of the molecule is O=C1[C@@H](C=NCc2ccncc2)C(c2ccccc2)=NN1c1nc2ccccc2s1. The molecule has 1 amide bonds. The van der Waals surface area contributed by atoms with Crippen LogP contribution in [-0.4, -0.2) is 27.8 Å². The summed E-state index contributed by atoms with van der Waals surface area (Å²) in [6.45, 7) is 0.482. The van der Waals surface area contributed by atoms with Crippen LogP contribution in [0.15, 0.2) is 89.2 Å². The zero-order chi connectivity index (χ0) is 20.3. The molecule has 0 unspecified atom stereocenters. The van der Waals surface area contributed by atoms with Crippen molar-refractivity contribution in [3.05, 3.63) is 90.3 Å². The third-order valence-electron chi connectivity index (χ3n) is 4.79. The van der Waals surface area contributed by atoms with E-state index < -0.39 is 5.92 Å². The van der Waals surface area contributed by atoms with E-state index in [0.29, 0.717) is 17.4 Å². The number of benzene rings is 2. The van der Waals surface area contributed by atoms with Gasteiger partial charge in [-0.1, -0.05) is 53.8 Å². The summed E-state index contributed by atoms with van der Waals surface area (Å²) in [4.78, 5) is 26.4. The summed E-state index contributed by atoms with van der Waals surface area (Å²) < 4.78 is 1.02. The first-order chi connectivity index (χ1) is 14.8. The van der Waals surface area contributed by atoms with Gasteiger partial charge in [-0.2, -0.15) is 10.1 Å². The fraction of sp³-hybridized carbons (Fsp3) is 0.0870. The molecule has 0 N–H and O–H groups in total. The van der Waals surface area contributed by atoms with Gasteiger partial charge in [-0.15, -0.1) is 0 Å². The lowest BCUT2D eigenvalue weighted by Gasteiger charge is -2.08. The first-order valence-corrected chi connectivity index (χ1v) is 10.3. The Morgan fingerprint density at radius 2 is 1.77 bits per heavy atom. The summed E-state index contributed by atoms with van der Waals surface area (Å²) in [7, 11) is 0. The van der Waals surface area contributed by atoms with E-state index in [0.717, 1.165) is 21.3 Å². The third-order valence-corrected chi connectivity index (χ3v) is 5.80. The number of amides is 1. The molecule has 30 heavy (non-hydrogen) atoms. The van der Waals surface area contributed by atoms with Gasteiger partial charge in [0, 0.05) is 18.6 Å². The first kappa shape index (κ1) is 18.3. The molecular weight excluding hydrogens is 394 g/mol. The molecule has 0 radical (unpaired) electrons. The fourth-order valence-electron chi connectivity index (χ4n) is 3.29. The van der Waals surface area contributed by atoms with Gasteiger partial charge in [-0.05, 0) is 35.4 Å². The highest BCUT2D eigenvalue weighted by Crippen LogP contribution is 2.33. The number of carbonyl (C=O) groups excluding carboxylic acids is 1. The quantitative estimate of drug-likeness (QED) is 0.459. The minimum atomic E-state index is -0.554. The monoisotopic (exact) mass is 411 g/mol. The smallest absolute Gasteiger partial charge is 0.264 e. The van der Waals surface area contributed by atoms with Crippen LogP contribution in [0.1, 0.15) is 11.1 Å². The number of aromatic nitrogens is 2. The largest absolute Gasteiger partial charge is 0.292 e. The number of carbonyl (C=O) groups is 1. The average Bonchev–Trinajstić information content (AvgIpc) is 3.36. The van der Waals surface area contributed by atoms with Crippen molar-refractivity contribution in [1.82, 2.24) is 9.97 Å². The van der Waals surface area contributed by atoms with E-state index in [1.807, 2.05) is 66.7 Å². The molecule has 7 heteroatoms. The van der Waals surface area contributed by atoms with Crippen LogP contribution in [-0.2, 0) is 11.3 Å². The molecule has 0 saturated heterocycles. The summed E-state index contributed by atoms with van der Waals surface area (Å²) in [5.74, 6) is -0.701. The Morgan fingerprint density at radius 3 is 2.57 bits per heavy atom. The molecule has 4 aromatic rings. The highest BCUT2D eigenvalue weighted by Gasteiger charge is 2.37. The zero-order valence-corrected chi connectivity index (χ0v) is 16.7. The number of hydrazone groups is 1. The van der Waals surface area contributed by atoms with Gasteiger partial charge in [0.2, 0.25) is 5.13 Å². The Labute approximate surface area is 177 Å². The lowest BCUT2D eigenvalue weighted by molar-refractivity contribution is -0.118. The number of para-hydroxylation sites is 1. The summed E-state index contributed by atoms with van der Waals surface area (Å²) >= 11 is 1.45. The Kier molecular flexibility index (Phi) is 4.86. The van der Waals surface area contributed by atoms with Crippen molar-refractivity contribution in [1.29, 1.82) is 0 Å². The number of nitrogens with zero attached hydrogens (tertiary/aromatic N) is 5. The van der Waals surface area contributed by atoms with Gasteiger partial charge < -0.3 is 0 Å². The van der Waals surface area contributed by atoms with Crippen molar-refractivity contribution in [3.63, 3.8) is 0 Å². The second-order valence-electron chi connectivity index (χ2n) is 6.79. The summed E-state index contributed by atoms with van der Waals surface area (Å²) in [5.41, 5.74) is 3.47. The Balaban J connectivity index is 1.49. The van der Waals surface area contributed by atoms with E-state index in [1.54, 1.807) is 18.6 Å². The minimum Gasteiger partial charge on any atom is -0.292 e. The first-order valence-electron chi connectivity index (χ1n) is 9.52. The highest BCUT2D eigenvalue weighted by atomic mass is 32.1. The molecule has 2 aromatic heterocycles. The van der Waals surface area contributed by atoms with E-state index in [1.165, 1.54) is 16.3 Å². The number of aliphatic imine (C=N–C) groups is 1. The van der Waals surface area contributed by atoms with Gasteiger partial charge in [0.1, 0.15) is 5.92 Å². The maximum absolute atomic E-state index is 13.3. The summed E-state index contributed by atoms with van der Waals surface area (Å²) in [6, 6.07) is 21.4. The lowest BCUT2D eigenvalue weighted by Crippen LogP contribution is -2.28. The van der Waals surface area contributed by atoms with E-state index in [2.05, 4.69) is 20.1 Å². The molecule has 3 heterocycles. The minimum absolute atomic E-state index is 0.147. The maximum atomic E-state index is 13.3. The molecule has 1 atom stereocenters. The van der Waals surface area contributed by atoms with Crippen LogP contribution in [0.3, 0.4) is 0 Å². The van der Waals surface area contributed by atoms with Gasteiger partial charge in [-0.3, -0.25) is 14.8 Å². The predicted octanol–water partition coefficient (Wildman–Crippen LogP) is 4.33. The van der Waals surface area contributed by atoms with Crippen molar-refractivity contribution in [3.8, 4) is 0 Å². The molecule has 1 aliphatic heterocycles. The molecule has 0 fully saturated rings. The number of fused-ring (bicyclic) bond motifs is 1. The standard InChI is InChI=1S/C23H17N5OS/c29-22-18(15-25-14-16-10-12-24-13-11-16)21(17-6-2-1-3-7-17)27-28(22)23-26-19-8-4-5-9-20(19)30-23/h1-13,15,18H,14H2/t18-/m0/s1. The third kappa shape index (κ3) is 3.51. The van der Waals surface area contributed by atoms with Crippen LogP contribution in [0.5, 0.6) is 0 Å². The van der Waals surface area contributed by atoms with Gasteiger partial charge in [0.25, 0.3) is 5.91 Å². The van der Waals surface area contributed by atoms with Crippen LogP contribution in [0, 0.1) is 5.92 Å². The number of pyridine rings is 1. The molecule has 0 saturated carbocycles. The zero-order valence-electron chi connectivity index (χ0n) is 15.9. The van der Waals surface area contributed by atoms with Crippen molar-refractivity contribution in [2.24, 2.45) is 16.0 Å². The second kappa shape index (κ2) is 7.96. The molecule has 0 spiro atoms. The van der Waals surface area contributed by atoms with Crippen molar-refractivity contribution in [2.45, 2.75) is 6.54 Å². The predicted molar refractivity (Wildman–Crippen MR) is 120 cm³/mol. The highest BCUT2D eigenvalue weighted by molar-refractivity contribution is 7.22. The number of hydrogen-bond acceptors (Lipinski definition) is 6. The normalized spacial score (nSPS) is 16.5. The Bertz CT molecular complexity index is 1220. The second-order valence-corrected chi connectivity index (χ2v) is 7.80. The maximum Gasteiger partial charge on any atom is 0.264 e. The van der Waals surface area contributed by atoms with Gasteiger partial charge in [0.15, 0.2) is 0 Å². The van der Waals surface area contributed by atoms with Crippen LogP contribution in [0.4, 0.5) is 5.13 Å². The summed E-state index contributed by atoms with van der Waals surface area (Å²) in [6.07, 6.45) is 5.16. The van der Waals surface area contributed by atoms with Crippen molar-refractivity contribution in [2.75, 3.05) is 5.01 Å². The molecular formula is C23H17N5OS. The van der Waals surface area contributed by atoms with Crippen LogP contribution in [0.25, 0.3) is 10.2 Å². The van der Waals surface area contributed by atoms with E-state index in [4.69, 9.17) is 0 Å². The molecule has 146 valence electrons. The Morgan fingerprint density at radius 1 is 1.00 bits per heavy atom.